The maximum absolute atomic E-state index is 8.93. The van der Waals surface area contributed by atoms with E-state index in [1.807, 2.05) is 18.2 Å². The Morgan fingerprint density at radius 3 is 2.82 bits per heavy atom. The highest BCUT2D eigenvalue weighted by Gasteiger charge is 2.32. The molecule has 1 aliphatic heterocycles. The summed E-state index contributed by atoms with van der Waals surface area (Å²) < 4.78 is 5.43. The molecule has 17 heavy (non-hydrogen) atoms. The number of hydrogen-bond donors (Lipinski definition) is 1. The highest BCUT2D eigenvalue weighted by molar-refractivity contribution is 5.20. The smallest absolute Gasteiger partial charge is 0.0646 e. The fraction of sp³-hybridized carbons (Fsp3) is 0.500. The topological polar surface area (TPSA) is 45.0 Å². The van der Waals surface area contributed by atoms with Crippen molar-refractivity contribution in [3.05, 3.63) is 35.9 Å². The summed E-state index contributed by atoms with van der Waals surface area (Å²) in [5, 5.41) is 12.5. The summed E-state index contributed by atoms with van der Waals surface area (Å²) in [5.74, 6) is 0. The number of benzene rings is 1. The Morgan fingerprint density at radius 1 is 1.47 bits per heavy atom. The van der Waals surface area contributed by atoms with E-state index >= 15 is 0 Å². The molecule has 0 amide bonds. The van der Waals surface area contributed by atoms with Gasteiger partial charge in [0.15, 0.2) is 0 Å². The first-order chi connectivity index (χ1) is 8.23. The predicted molar refractivity (Wildman–Crippen MR) is 66.4 cm³/mol. The maximum atomic E-state index is 8.93. The minimum absolute atomic E-state index is 0.00262. The van der Waals surface area contributed by atoms with Crippen LogP contribution in [-0.4, -0.2) is 18.8 Å². The van der Waals surface area contributed by atoms with Gasteiger partial charge >= 0.3 is 0 Å². The van der Waals surface area contributed by atoms with Gasteiger partial charge in [-0.05, 0) is 18.9 Å². The lowest BCUT2D eigenvalue weighted by Gasteiger charge is -2.29. The number of rotatable bonds is 4. The van der Waals surface area contributed by atoms with Crippen LogP contribution < -0.4 is 5.32 Å². The maximum Gasteiger partial charge on any atom is 0.0646 e. The van der Waals surface area contributed by atoms with Gasteiger partial charge in [0.1, 0.15) is 0 Å². The zero-order valence-electron chi connectivity index (χ0n) is 10.1. The first-order valence-corrected chi connectivity index (χ1v) is 6.01. The van der Waals surface area contributed by atoms with Gasteiger partial charge in [-0.3, -0.25) is 0 Å². The molecule has 0 spiro atoms. The summed E-state index contributed by atoms with van der Waals surface area (Å²) in [6.07, 6.45) is 1.49. The molecule has 0 aliphatic carbocycles. The van der Waals surface area contributed by atoms with Crippen molar-refractivity contribution < 1.29 is 4.74 Å². The van der Waals surface area contributed by atoms with Crippen molar-refractivity contribution in [2.24, 2.45) is 0 Å². The van der Waals surface area contributed by atoms with Gasteiger partial charge in [0.25, 0.3) is 0 Å². The lowest BCUT2D eigenvalue weighted by atomic mass is 9.96. The van der Waals surface area contributed by atoms with E-state index in [0.29, 0.717) is 6.42 Å². The lowest BCUT2D eigenvalue weighted by Crippen LogP contribution is -2.44. The van der Waals surface area contributed by atoms with Crippen LogP contribution in [0.5, 0.6) is 0 Å². The normalized spacial score (nSPS) is 25.4. The van der Waals surface area contributed by atoms with E-state index < -0.39 is 0 Å². The second-order valence-electron chi connectivity index (χ2n) is 4.83. The largest absolute Gasteiger partial charge is 0.379 e. The molecule has 2 rings (SSSR count). The molecule has 1 aromatic rings. The number of nitriles is 1. The summed E-state index contributed by atoms with van der Waals surface area (Å²) >= 11 is 0. The minimum atomic E-state index is -0.00262. The van der Waals surface area contributed by atoms with Crippen LogP contribution in [0.2, 0.25) is 0 Å². The van der Waals surface area contributed by atoms with Crippen LogP contribution in [0, 0.1) is 11.3 Å². The standard InChI is InChI=1S/C14H18N2O/c1-14(8-10-17-11-14)16-13(7-9-15)12-5-3-2-4-6-12/h2-6,13,16H,7-8,10-11H2,1H3. The molecule has 1 heterocycles. The van der Waals surface area contributed by atoms with Crippen LogP contribution in [-0.2, 0) is 4.74 Å². The van der Waals surface area contributed by atoms with E-state index in [4.69, 9.17) is 10.00 Å². The van der Waals surface area contributed by atoms with E-state index in [-0.39, 0.29) is 11.6 Å². The molecule has 1 saturated heterocycles. The van der Waals surface area contributed by atoms with E-state index in [2.05, 4.69) is 30.4 Å². The van der Waals surface area contributed by atoms with Gasteiger partial charge in [0.05, 0.1) is 19.1 Å². The van der Waals surface area contributed by atoms with E-state index in [0.717, 1.165) is 19.6 Å². The first-order valence-electron chi connectivity index (χ1n) is 6.01. The molecule has 1 aromatic carbocycles. The Balaban J connectivity index is 2.10. The molecule has 1 N–H and O–H groups in total. The summed E-state index contributed by atoms with van der Waals surface area (Å²) in [4.78, 5) is 0. The summed E-state index contributed by atoms with van der Waals surface area (Å²) in [6.45, 7) is 3.69. The molecule has 0 radical (unpaired) electrons. The molecule has 0 aromatic heterocycles. The summed E-state index contributed by atoms with van der Waals surface area (Å²) in [7, 11) is 0. The average molecular weight is 230 g/mol. The number of nitrogens with one attached hydrogen (secondary N) is 1. The van der Waals surface area contributed by atoms with Crippen molar-refractivity contribution in [2.45, 2.75) is 31.3 Å². The fourth-order valence-electron chi connectivity index (χ4n) is 2.23. The molecule has 0 saturated carbocycles. The van der Waals surface area contributed by atoms with Crippen molar-refractivity contribution in [2.75, 3.05) is 13.2 Å². The molecule has 0 bridgehead atoms. The van der Waals surface area contributed by atoms with Gasteiger partial charge in [-0.25, -0.2) is 0 Å². The lowest BCUT2D eigenvalue weighted by molar-refractivity contribution is 0.166. The minimum Gasteiger partial charge on any atom is -0.379 e. The molecule has 90 valence electrons. The quantitative estimate of drug-likeness (QED) is 0.864. The molecule has 2 atom stereocenters. The van der Waals surface area contributed by atoms with Crippen molar-refractivity contribution in [3.63, 3.8) is 0 Å². The Morgan fingerprint density at radius 2 is 2.24 bits per heavy atom. The third kappa shape index (κ3) is 3.06. The third-order valence-electron chi connectivity index (χ3n) is 3.24. The van der Waals surface area contributed by atoms with Gasteiger partial charge in [-0.15, -0.1) is 0 Å². The molecule has 3 heteroatoms. The van der Waals surface area contributed by atoms with Crippen LogP contribution in [0.15, 0.2) is 30.3 Å². The highest BCUT2D eigenvalue weighted by Crippen LogP contribution is 2.25. The zero-order chi connectivity index (χ0) is 12.1. The van der Waals surface area contributed by atoms with E-state index in [1.54, 1.807) is 0 Å². The molecular formula is C14H18N2O. The van der Waals surface area contributed by atoms with Crippen LogP contribution in [0.25, 0.3) is 0 Å². The molecule has 3 nitrogen and oxygen atoms in total. The Kier molecular flexibility index (Phi) is 3.78. The van der Waals surface area contributed by atoms with Gasteiger partial charge < -0.3 is 10.1 Å². The van der Waals surface area contributed by atoms with Crippen molar-refractivity contribution >= 4 is 0 Å². The van der Waals surface area contributed by atoms with E-state index in [1.165, 1.54) is 5.56 Å². The Labute approximate surface area is 102 Å². The summed E-state index contributed by atoms with van der Waals surface area (Å²) in [6, 6.07) is 12.5. The van der Waals surface area contributed by atoms with Crippen LogP contribution in [0.1, 0.15) is 31.4 Å². The van der Waals surface area contributed by atoms with Crippen molar-refractivity contribution in [1.29, 1.82) is 5.26 Å². The van der Waals surface area contributed by atoms with Crippen molar-refractivity contribution in [3.8, 4) is 6.07 Å². The molecule has 1 aliphatic rings. The third-order valence-corrected chi connectivity index (χ3v) is 3.24. The number of ether oxygens (including phenoxy) is 1. The first kappa shape index (κ1) is 12.1. The van der Waals surface area contributed by atoms with Crippen LogP contribution in [0.3, 0.4) is 0 Å². The second kappa shape index (κ2) is 5.31. The number of hydrogen-bond acceptors (Lipinski definition) is 3. The SMILES string of the molecule is CC1(NC(CC#N)c2ccccc2)CCOC1. The van der Waals surface area contributed by atoms with Crippen molar-refractivity contribution in [1.82, 2.24) is 5.32 Å². The van der Waals surface area contributed by atoms with Crippen LogP contribution in [0.4, 0.5) is 0 Å². The summed E-state index contributed by atoms with van der Waals surface area (Å²) in [5.41, 5.74) is 1.17. The highest BCUT2D eigenvalue weighted by atomic mass is 16.5. The Bertz CT molecular complexity index is 390. The van der Waals surface area contributed by atoms with E-state index in [9.17, 15) is 0 Å². The van der Waals surface area contributed by atoms with Gasteiger partial charge in [0, 0.05) is 18.2 Å². The molecule has 1 fully saturated rings. The van der Waals surface area contributed by atoms with Gasteiger partial charge in [-0.2, -0.15) is 5.26 Å². The average Bonchev–Trinajstić information content (AvgIpc) is 2.77. The van der Waals surface area contributed by atoms with Gasteiger partial charge in [-0.1, -0.05) is 30.3 Å². The van der Waals surface area contributed by atoms with Crippen LogP contribution >= 0.6 is 0 Å². The number of nitrogens with zero attached hydrogens (tertiary/aromatic N) is 1. The fourth-order valence-corrected chi connectivity index (χ4v) is 2.23. The molecular weight excluding hydrogens is 212 g/mol. The Hall–Kier alpha value is -1.37. The second-order valence-corrected chi connectivity index (χ2v) is 4.83. The predicted octanol–water partition coefficient (Wildman–Crippen LogP) is 2.41. The molecule has 2 unspecified atom stereocenters. The van der Waals surface area contributed by atoms with Gasteiger partial charge in [0.2, 0.25) is 0 Å². The monoisotopic (exact) mass is 230 g/mol. The zero-order valence-corrected chi connectivity index (χ0v) is 10.1.